The molecule has 3 rings (SSSR count). The molecule has 5 heteroatoms. The summed E-state index contributed by atoms with van der Waals surface area (Å²) in [5, 5.41) is 12.5. The molecule has 0 saturated carbocycles. The van der Waals surface area contributed by atoms with Crippen molar-refractivity contribution in [3.05, 3.63) is 47.9 Å². The number of anilines is 2. The molecule has 0 atom stereocenters. The summed E-state index contributed by atoms with van der Waals surface area (Å²) in [6.07, 6.45) is 5.47. The highest BCUT2D eigenvalue weighted by Gasteiger charge is 2.19. The Kier molecular flexibility index (Phi) is 4.19. The van der Waals surface area contributed by atoms with E-state index in [2.05, 4.69) is 32.3 Å². The van der Waals surface area contributed by atoms with Crippen molar-refractivity contribution < 1.29 is 0 Å². The molecule has 0 amide bonds. The van der Waals surface area contributed by atoms with Gasteiger partial charge in [0.2, 0.25) is 0 Å². The number of aromatic nitrogens is 2. The maximum absolute atomic E-state index is 9.01. The molecular weight excluding hydrogens is 274 g/mol. The van der Waals surface area contributed by atoms with E-state index in [1.807, 2.05) is 25.1 Å². The molecule has 0 spiro atoms. The van der Waals surface area contributed by atoms with E-state index < -0.39 is 0 Å². The number of hydrogen-bond acceptors (Lipinski definition) is 5. The molecule has 1 aliphatic rings. The summed E-state index contributed by atoms with van der Waals surface area (Å²) in [5.74, 6) is 0.891. The van der Waals surface area contributed by atoms with Crippen LogP contribution in [0.25, 0.3) is 0 Å². The Morgan fingerprint density at radius 2 is 2.09 bits per heavy atom. The average Bonchev–Trinajstić information content (AvgIpc) is 2.56. The Morgan fingerprint density at radius 3 is 2.73 bits per heavy atom. The topological polar surface area (TPSA) is 64.8 Å². The minimum absolute atomic E-state index is 0.450. The standard InChI is InChI=1S/C17H19N5/c1-13-10-16(3-2-14(13)11-18)22-8-5-15(6-9-22)21-17-4-7-19-12-20-17/h2-4,7,10,12,15H,5-6,8-9H2,1H3,(H,19,20,21). The predicted octanol–water partition coefficient (Wildman–Crippen LogP) is 2.74. The molecule has 1 aromatic heterocycles. The Morgan fingerprint density at radius 1 is 1.27 bits per heavy atom. The van der Waals surface area contributed by atoms with E-state index in [4.69, 9.17) is 5.26 Å². The summed E-state index contributed by atoms with van der Waals surface area (Å²) in [6.45, 7) is 4.01. The lowest BCUT2D eigenvalue weighted by Crippen LogP contribution is -2.39. The second-order valence-electron chi connectivity index (χ2n) is 5.61. The molecule has 2 aromatic rings. The van der Waals surface area contributed by atoms with Crippen LogP contribution >= 0.6 is 0 Å². The van der Waals surface area contributed by atoms with Crippen LogP contribution in [0, 0.1) is 18.3 Å². The average molecular weight is 293 g/mol. The van der Waals surface area contributed by atoms with Gasteiger partial charge < -0.3 is 10.2 Å². The SMILES string of the molecule is Cc1cc(N2CCC(Nc3ccncn3)CC2)ccc1C#N. The number of nitrogens with one attached hydrogen (secondary N) is 1. The van der Waals surface area contributed by atoms with Crippen LogP contribution in [0.15, 0.2) is 36.8 Å². The van der Waals surface area contributed by atoms with Crippen molar-refractivity contribution in [2.75, 3.05) is 23.3 Å². The predicted molar refractivity (Wildman–Crippen MR) is 86.8 cm³/mol. The van der Waals surface area contributed by atoms with Gasteiger partial charge in [0.05, 0.1) is 11.6 Å². The van der Waals surface area contributed by atoms with Crippen LogP contribution in [-0.4, -0.2) is 29.1 Å². The Bertz CT molecular complexity index is 669. The molecule has 2 heterocycles. The lowest BCUT2D eigenvalue weighted by atomic mass is 10.0. The lowest BCUT2D eigenvalue weighted by Gasteiger charge is -2.34. The van der Waals surface area contributed by atoms with Crippen LogP contribution in [0.3, 0.4) is 0 Å². The van der Waals surface area contributed by atoms with Crippen molar-refractivity contribution in [3.63, 3.8) is 0 Å². The molecule has 1 N–H and O–H groups in total. The Balaban J connectivity index is 1.60. The largest absolute Gasteiger partial charge is 0.371 e. The number of nitrogens with zero attached hydrogens (tertiary/aromatic N) is 4. The quantitative estimate of drug-likeness (QED) is 0.942. The molecule has 0 radical (unpaired) electrons. The van der Waals surface area contributed by atoms with Crippen molar-refractivity contribution in [1.29, 1.82) is 5.26 Å². The summed E-state index contributed by atoms with van der Waals surface area (Å²) >= 11 is 0. The molecule has 5 nitrogen and oxygen atoms in total. The zero-order valence-corrected chi connectivity index (χ0v) is 12.7. The van der Waals surface area contributed by atoms with E-state index in [0.29, 0.717) is 6.04 Å². The van der Waals surface area contributed by atoms with E-state index in [9.17, 15) is 0 Å². The first-order valence-corrected chi connectivity index (χ1v) is 7.54. The summed E-state index contributed by atoms with van der Waals surface area (Å²) in [7, 11) is 0. The molecule has 0 aliphatic carbocycles. The van der Waals surface area contributed by atoms with Gasteiger partial charge in [-0.3, -0.25) is 0 Å². The number of nitriles is 1. The van der Waals surface area contributed by atoms with Gasteiger partial charge >= 0.3 is 0 Å². The molecule has 0 bridgehead atoms. The highest BCUT2D eigenvalue weighted by atomic mass is 15.2. The molecule has 1 aromatic carbocycles. The molecule has 1 aliphatic heterocycles. The van der Waals surface area contributed by atoms with Crippen molar-refractivity contribution in [3.8, 4) is 6.07 Å². The summed E-state index contributed by atoms with van der Waals surface area (Å²) in [5.41, 5.74) is 3.00. The normalized spacial score (nSPS) is 15.4. The number of aryl methyl sites for hydroxylation is 1. The second-order valence-corrected chi connectivity index (χ2v) is 5.61. The van der Waals surface area contributed by atoms with E-state index in [0.717, 1.165) is 42.9 Å². The van der Waals surface area contributed by atoms with Gasteiger partial charge in [-0.05, 0) is 49.6 Å². The highest BCUT2D eigenvalue weighted by Crippen LogP contribution is 2.23. The number of hydrogen-bond donors (Lipinski definition) is 1. The number of piperidine rings is 1. The van der Waals surface area contributed by atoms with Crippen LogP contribution in [0.4, 0.5) is 11.5 Å². The number of benzene rings is 1. The zero-order valence-electron chi connectivity index (χ0n) is 12.7. The molecule has 1 fully saturated rings. The van der Waals surface area contributed by atoms with Gasteiger partial charge in [0, 0.05) is 31.0 Å². The zero-order chi connectivity index (χ0) is 15.4. The maximum atomic E-state index is 9.01. The summed E-state index contributed by atoms with van der Waals surface area (Å²) < 4.78 is 0. The van der Waals surface area contributed by atoms with Crippen LogP contribution in [0.5, 0.6) is 0 Å². The molecular formula is C17H19N5. The lowest BCUT2D eigenvalue weighted by molar-refractivity contribution is 0.525. The minimum Gasteiger partial charge on any atom is -0.371 e. The smallest absolute Gasteiger partial charge is 0.129 e. The fraction of sp³-hybridized carbons (Fsp3) is 0.353. The van der Waals surface area contributed by atoms with Gasteiger partial charge in [-0.25, -0.2) is 9.97 Å². The molecule has 1 saturated heterocycles. The molecule has 112 valence electrons. The first kappa shape index (κ1) is 14.3. The third-order valence-electron chi connectivity index (χ3n) is 4.12. The van der Waals surface area contributed by atoms with Gasteiger partial charge in [0.15, 0.2) is 0 Å². The summed E-state index contributed by atoms with van der Waals surface area (Å²) in [6, 6.07) is 10.6. The van der Waals surface area contributed by atoms with Crippen LogP contribution in [0.2, 0.25) is 0 Å². The van der Waals surface area contributed by atoms with Crippen LogP contribution in [0.1, 0.15) is 24.0 Å². The van der Waals surface area contributed by atoms with Crippen molar-refractivity contribution in [2.24, 2.45) is 0 Å². The van der Waals surface area contributed by atoms with Crippen LogP contribution in [-0.2, 0) is 0 Å². The van der Waals surface area contributed by atoms with Gasteiger partial charge in [-0.2, -0.15) is 5.26 Å². The Hall–Kier alpha value is -2.61. The molecule has 0 unspecified atom stereocenters. The van der Waals surface area contributed by atoms with Gasteiger partial charge in [0.25, 0.3) is 0 Å². The van der Waals surface area contributed by atoms with Crippen LogP contribution < -0.4 is 10.2 Å². The molecule has 22 heavy (non-hydrogen) atoms. The third kappa shape index (κ3) is 3.17. The van der Waals surface area contributed by atoms with Gasteiger partial charge in [-0.1, -0.05) is 0 Å². The second kappa shape index (κ2) is 6.44. The highest BCUT2D eigenvalue weighted by molar-refractivity contribution is 5.54. The third-order valence-corrected chi connectivity index (χ3v) is 4.12. The monoisotopic (exact) mass is 293 g/mol. The summed E-state index contributed by atoms with van der Waals surface area (Å²) in [4.78, 5) is 10.5. The first-order valence-electron chi connectivity index (χ1n) is 7.54. The maximum Gasteiger partial charge on any atom is 0.129 e. The van der Waals surface area contributed by atoms with Crippen molar-refractivity contribution >= 4 is 11.5 Å². The van der Waals surface area contributed by atoms with Crippen molar-refractivity contribution in [2.45, 2.75) is 25.8 Å². The fourth-order valence-corrected chi connectivity index (χ4v) is 2.84. The Labute approximate surface area is 130 Å². The van der Waals surface area contributed by atoms with E-state index in [1.54, 1.807) is 12.5 Å². The number of rotatable bonds is 3. The van der Waals surface area contributed by atoms with E-state index in [-0.39, 0.29) is 0 Å². The van der Waals surface area contributed by atoms with Gasteiger partial charge in [0.1, 0.15) is 12.1 Å². The fourth-order valence-electron chi connectivity index (χ4n) is 2.84. The first-order chi connectivity index (χ1) is 10.8. The van der Waals surface area contributed by atoms with E-state index in [1.165, 1.54) is 5.69 Å². The minimum atomic E-state index is 0.450. The van der Waals surface area contributed by atoms with E-state index >= 15 is 0 Å². The van der Waals surface area contributed by atoms with Crippen molar-refractivity contribution in [1.82, 2.24) is 9.97 Å². The van der Waals surface area contributed by atoms with Gasteiger partial charge in [-0.15, -0.1) is 0 Å².